The van der Waals surface area contributed by atoms with Crippen molar-refractivity contribution in [3.05, 3.63) is 0 Å². The Morgan fingerprint density at radius 1 is 0.938 bits per heavy atom. The molecule has 1 nitrogen and oxygen atoms in total. The summed E-state index contributed by atoms with van der Waals surface area (Å²) in [5.74, 6) is 2.87. The normalized spacial score (nSPS) is 40.5. The van der Waals surface area contributed by atoms with Crippen LogP contribution in [-0.4, -0.2) is 12.1 Å². The van der Waals surface area contributed by atoms with Gasteiger partial charge in [0.25, 0.3) is 0 Å². The standard InChI is InChI=1S/C15H29N/c1-11(2)13-9-15(10-13)16-14-6-4-5-12(3)7-8-14/h11-16H,4-10H2,1-3H3. The molecule has 0 aromatic carbocycles. The van der Waals surface area contributed by atoms with Gasteiger partial charge in [0.15, 0.2) is 0 Å². The third-order valence-corrected chi connectivity index (χ3v) is 4.85. The first-order chi connectivity index (χ1) is 7.65. The lowest BCUT2D eigenvalue weighted by molar-refractivity contribution is 0.153. The highest BCUT2D eigenvalue weighted by molar-refractivity contribution is 4.89. The average molecular weight is 223 g/mol. The van der Waals surface area contributed by atoms with Crippen LogP contribution in [0.5, 0.6) is 0 Å². The van der Waals surface area contributed by atoms with Gasteiger partial charge < -0.3 is 5.32 Å². The zero-order valence-electron chi connectivity index (χ0n) is 11.3. The van der Waals surface area contributed by atoms with Crippen LogP contribution in [0.4, 0.5) is 0 Å². The SMILES string of the molecule is CC1CCCC(NC2CC(C(C)C)C2)CC1. The lowest BCUT2D eigenvalue weighted by atomic mass is 9.73. The van der Waals surface area contributed by atoms with Gasteiger partial charge in [-0.25, -0.2) is 0 Å². The summed E-state index contributed by atoms with van der Waals surface area (Å²) in [6.07, 6.45) is 10.1. The number of rotatable bonds is 3. The van der Waals surface area contributed by atoms with E-state index in [4.69, 9.17) is 0 Å². The van der Waals surface area contributed by atoms with E-state index in [9.17, 15) is 0 Å². The highest BCUT2D eigenvalue weighted by Gasteiger charge is 2.32. The van der Waals surface area contributed by atoms with Gasteiger partial charge in [0.1, 0.15) is 0 Å². The molecule has 2 atom stereocenters. The summed E-state index contributed by atoms with van der Waals surface area (Å²) in [5.41, 5.74) is 0. The van der Waals surface area contributed by atoms with Crippen molar-refractivity contribution in [2.75, 3.05) is 0 Å². The molecule has 0 spiro atoms. The van der Waals surface area contributed by atoms with Crippen LogP contribution < -0.4 is 5.32 Å². The first-order valence-electron chi connectivity index (χ1n) is 7.41. The van der Waals surface area contributed by atoms with Gasteiger partial charge in [0.05, 0.1) is 0 Å². The average Bonchev–Trinajstić information content (AvgIpc) is 2.35. The molecular formula is C15H29N. The van der Waals surface area contributed by atoms with Gasteiger partial charge in [-0.1, -0.05) is 33.6 Å². The largest absolute Gasteiger partial charge is 0.311 e. The zero-order valence-corrected chi connectivity index (χ0v) is 11.3. The van der Waals surface area contributed by atoms with Crippen molar-refractivity contribution >= 4 is 0 Å². The molecule has 2 rings (SSSR count). The fraction of sp³-hybridized carbons (Fsp3) is 1.00. The molecule has 2 unspecified atom stereocenters. The smallest absolute Gasteiger partial charge is 0.00751 e. The maximum atomic E-state index is 3.90. The second-order valence-corrected chi connectivity index (χ2v) is 6.65. The lowest BCUT2D eigenvalue weighted by Gasteiger charge is -2.40. The van der Waals surface area contributed by atoms with Gasteiger partial charge in [-0.05, 0) is 49.9 Å². The maximum absolute atomic E-state index is 3.90. The molecule has 1 heteroatoms. The van der Waals surface area contributed by atoms with Crippen LogP contribution in [0.3, 0.4) is 0 Å². The van der Waals surface area contributed by atoms with Crippen LogP contribution in [-0.2, 0) is 0 Å². The van der Waals surface area contributed by atoms with Gasteiger partial charge in [-0.3, -0.25) is 0 Å². The molecule has 0 heterocycles. The quantitative estimate of drug-likeness (QED) is 0.714. The predicted molar refractivity (Wildman–Crippen MR) is 70.5 cm³/mol. The molecule has 16 heavy (non-hydrogen) atoms. The fourth-order valence-electron chi connectivity index (χ4n) is 3.33. The minimum atomic E-state index is 0.836. The van der Waals surface area contributed by atoms with Crippen LogP contribution in [0.2, 0.25) is 0 Å². The van der Waals surface area contributed by atoms with E-state index in [0.717, 1.165) is 29.8 Å². The van der Waals surface area contributed by atoms with E-state index in [1.54, 1.807) is 0 Å². The first-order valence-corrected chi connectivity index (χ1v) is 7.41. The third kappa shape index (κ3) is 3.23. The molecule has 2 saturated carbocycles. The third-order valence-electron chi connectivity index (χ3n) is 4.85. The van der Waals surface area contributed by atoms with E-state index < -0.39 is 0 Å². The second kappa shape index (κ2) is 5.53. The zero-order chi connectivity index (χ0) is 11.5. The van der Waals surface area contributed by atoms with E-state index in [2.05, 4.69) is 26.1 Å². The van der Waals surface area contributed by atoms with Crippen molar-refractivity contribution in [1.29, 1.82) is 0 Å². The van der Waals surface area contributed by atoms with Crippen LogP contribution >= 0.6 is 0 Å². The Kier molecular flexibility index (Phi) is 4.29. The summed E-state index contributed by atoms with van der Waals surface area (Å²) in [7, 11) is 0. The van der Waals surface area contributed by atoms with Crippen LogP contribution in [0, 0.1) is 17.8 Å². The minimum Gasteiger partial charge on any atom is -0.311 e. The van der Waals surface area contributed by atoms with Gasteiger partial charge in [0.2, 0.25) is 0 Å². The molecule has 2 aliphatic carbocycles. The number of nitrogens with one attached hydrogen (secondary N) is 1. The van der Waals surface area contributed by atoms with E-state index in [-0.39, 0.29) is 0 Å². The van der Waals surface area contributed by atoms with Crippen LogP contribution in [0.15, 0.2) is 0 Å². The Bertz CT molecular complexity index is 205. The Morgan fingerprint density at radius 3 is 2.38 bits per heavy atom. The van der Waals surface area contributed by atoms with Gasteiger partial charge >= 0.3 is 0 Å². The molecule has 0 aromatic heterocycles. The summed E-state index contributed by atoms with van der Waals surface area (Å²) >= 11 is 0. The van der Waals surface area contributed by atoms with Crippen molar-refractivity contribution in [3.63, 3.8) is 0 Å². The van der Waals surface area contributed by atoms with Crippen molar-refractivity contribution in [2.24, 2.45) is 17.8 Å². The molecule has 1 N–H and O–H groups in total. The number of hydrogen-bond donors (Lipinski definition) is 1. The molecule has 0 aliphatic heterocycles. The van der Waals surface area contributed by atoms with Crippen molar-refractivity contribution in [2.45, 2.75) is 77.8 Å². The Balaban J connectivity index is 1.67. The molecule has 0 radical (unpaired) electrons. The molecule has 0 aromatic rings. The summed E-state index contributed by atoms with van der Waals surface area (Å²) in [6.45, 7) is 7.16. The monoisotopic (exact) mass is 223 g/mol. The Morgan fingerprint density at radius 2 is 1.69 bits per heavy atom. The molecule has 2 fully saturated rings. The topological polar surface area (TPSA) is 12.0 Å². The van der Waals surface area contributed by atoms with Crippen LogP contribution in [0.1, 0.15) is 65.7 Å². The fourth-order valence-corrected chi connectivity index (χ4v) is 3.33. The van der Waals surface area contributed by atoms with E-state index >= 15 is 0 Å². The molecule has 94 valence electrons. The Hall–Kier alpha value is -0.0400. The predicted octanol–water partition coefficient (Wildman–Crippen LogP) is 3.98. The minimum absolute atomic E-state index is 0.836. The van der Waals surface area contributed by atoms with Gasteiger partial charge in [0, 0.05) is 12.1 Å². The molecular weight excluding hydrogens is 194 g/mol. The highest BCUT2D eigenvalue weighted by atomic mass is 15.0. The van der Waals surface area contributed by atoms with Crippen molar-refractivity contribution in [3.8, 4) is 0 Å². The summed E-state index contributed by atoms with van der Waals surface area (Å²) in [6, 6.07) is 1.69. The van der Waals surface area contributed by atoms with Crippen molar-refractivity contribution < 1.29 is 0 Å². The summed E-state index contributed by atoms with van der Waals surface area (Å²) in [4.78, 5) is 0. The molecule has 0 saturated heterocycles. The second-order valence-electron chi connectivity index (χ2n) is 6.65. The van der Waals surface area contributed by atoms with E-state index in [0.29, 0.717) is 0 Å². The lowest BCUT2D eigenvalue weighted by Crippen LogP contribution is -2.47. The summed E-state index contributed by atoms with van der Waals surface area (Å²) in [5, 5.41) is 3.90. The molecule has 0 bridgehead atoms. The van der Waals surface area contributed by atoms with Crippen LogP contribution in [0.25, 0.3) is 0 Å². The van der Waals surface area contributed by atoms with E-state index in [1.165, 1.54) is 44.9 Å². The van der Waals surface area contributed by atoms with Crippen molar-refractivity contribution in [1.82, 2.24) is 5.32 Å². The maximum Gasteiger partial charge on any atom is 0.00751 e. The van der Waals surface area contributed by atoms with Gasteiger partial charge in [-0.2, -0.15) is 0 Å². The number of hydrogen-bond acceptors (Lipinski definition) is 1. The van der Waals surface area contributed by atoms with E-state index in [1.807, 2.05) is 0 Å². The van der Waals surface area contributed by atoms with Gasteiger partial charge in [-0.15, -0.1) is 0 Å². The Labute approximate surface area is 101 Å². The molecule has 2 aliphatic rings. The summed E-state index contributed by atoms with van der Waals surface area (Å²) < 4.78 is 0. The highest BCUT2D eigenvalue weighted by Crippen LogP contribution is 2.34. The molecule has 0 amide bonds. The first kappa shape index (κ1) is 12.4.